The lowest BCUT2D eigenvalue weighted by atomic mass is 10.1. The molecule has 3 heteroatoms. The molecule has 1 N–H and O–H groups in total. The van der Waals surface area contributed by atoms with Crippen LogP contribution in [0, 0.1) is 0 Å². The third-order valence-corrected chi connectivity index (χ3v) is 1.82. The van der Waals surface area contributed by atoms with E-state index in [1.54, 1.807) is 0 Å². The molecule has 0 spiro atoms. The molecule has 0 rings (SSSR count). The van der Waals surface area contributed by atoms with Gasteiger partial charge in [-0.15, -0.1) is 0 Å². The lowest BCUT2D eigenvalue weighted by Gasteiger charge is -2.25. The molecule has 0 fully saturated rings. The van der Waals surface area contributed by atoms with E-state index in [-0.39, 0.29) is 5.60 Å². The second-order valence-corrected chi connectivity index (χ2v) is 4.29. The van der Waals surface area contributed by atoms with Crippen molar-refractivity contribution in [2.45, 2.75) is 46.3 Å². The number of hydrogen-bond donors (Lipinski definition) is 1. The highest BCUT2D eigenvalue weighted by molar-refractivity contribution is 4.71. The summed E-state index contributed by atoms with van der Waals surface area (Å²) in [6.45, 7) is 13.6. The summed E-state index contributed by atoms with van der Waals surface area (Å²) in [4.78, 5) is 0. The third kappa shape index (κ3) is 8.48. The second kappa shape index (κ2) is 7.21. The van der Waals surface area contributed by atoms with Crippen molar-refractivity contribution in [1.82, 2.24) is 5.32 Å². The Kier molecular flexibility index (Phi) is 7.15. The molecule has 0 bridgehead atoms. The van der Waals surface area contributed by atoms with E-state index >= 15 is 0 Å². The SMILES string of the molecule is CCOC(C)(C)CNCCOC(C)C. The van der Waals surface area contributed by atoms with Crippen LogP contribution in [-0.4, -0.2) is 38.0 Å². The zero-order chi connectivity index (χ0) is 11.0. The second-order valence-electron chi connectivity index (χ2n) is 4.29. The fraction of sp³-hybridized carbons (Fsp3) is 1.00. The van der Waals surface area contributed by atoms with Gasteiger partial charge in [0.25, 0.3) is 0 Å². The first-order valence-corrected chi connectivity index (χ1v) is 5.44. The maximum Gasteiger partial charge on any atom is 0.0750 e. The van der Waals surface area contributed by atoms with E-state index in [1.807, 2.05) is 20.8 Å². The van der Waals surface area contributed by atoms with E-state index in [9.17, 15) is 0 Å². The summed E-state index contributed by atoms with van der Waals surface area (Å²) >= 11 is 0. The van der Waals surface area contributed by atoms with Crippen molar-refractivity contribution in [3.05, 3.63) is 0 Å². The van der Waals surface area contributed by atoms with Crippen molar-refractivity contribution < 1.29 is 9.47 Å². The van der Waals surface area contributed by atoms with Gasteiger partial charge in [-0.2, -0.15) is 0 Å². The Morgan fingerprint density at radius 3 is 2.43 bits per heavy atom. The summed E-state index contributed by atoms with van der Waals surface area (Å²) in [6, 6.07) is 0. The van der Waals surface area contributed by atoms with Gasteiger partial charge in [0, 0.05) is 19.7 Å². The molecule has 0 atom stereocenters. The first-order chi connectivity index (χ1) is 6.48. The van der Waals surface area contributed by atoms with Crippen molar-refractivity contribution in [3.8, 4) is 0 Å². The van der Waals surface area contributed by atoms with Crippen LogP contribution in [0.15, 0.2) is 0 Å². The zero-order valence-corrected chi connectivity index (χ0v) is 10.2. The standard InChI is InChI=1S/C11H25NO2/c1-6-14-11(4,5)9-12-7-8-13-10(2)3/h10,12H,6-9H2,1-5H3. The summed E-state index contributed by atoms with van der Waals surface area (Å²) in [5, 5.41) is 3.32. The molecule has 0 aliphatic heterocycles. The quantitative estimate of drug-likeness (QED) is 0.610. The molecule has 86 valence electrons. The van der Waals surface area contributed by atoms with Gasteiger partial charge < -0.3 is 14.8 Å². The van der Waals surface area contributed by atoms with Gasteiger partial charge in [-0.05, 0) is 34.6 Å². The fourth-order valence-electron chi connectivity index (χ4n) is 1.20. The molecule has 0 unspecified atom stereocenters. The molecule has 0 aliphatic carbocycles. The molecule has 0 aliphatic rings. The van der Waals surface area contributed by atoms with Crippen LogP contribution in [0.2, 0.25) is 0 Å². The Morgan fingerprint density at radius 1 is 1.29 bits per heavy atom. The van der Waals surface area contributed by atoms with Gasteiger partial charge in [-0.25, -0.2) is 0 Å². The average Bonchev–Trinajstić information content (AvgIpc) is 2.02. The van der Waals surface area contributed by atoms with Crippen LogP contribution in [0.3, 0.4) is 0 Å². The lowest BCUT2D eigenvalue weighted by molar-refractivity contribution is -0.0105. The normalized spacial score (nSPS) is 12.4. The highest BCUT2D eigenvalue weighted by atomic mass is 16.5. The van der Waals surface area contributed by atoms with Gasteiger partial charge in [0.05, 0.1) is 18.3 Å². The Balaban J connectivity index is 3.34. The minimum atomic E-state index is -0.0768. The van der Waals surface area contributed by atoms with Crippen LogP contribution in [0.25, 0.3) is 0 Å². The molecule has 14 heavy (non-hydrogen) atoms. The molecule has 0 radical (unpaired) electrons. The van der Waals surface area contributed by atoms with Crippen molar-refractivity contribution in [2.24, 2.45) is 0 Å². The molecule has 0 aromatic heterocycles. The van der Waals surface area contributed by atoms with Gasteiger partial charge in [0.1, 0.15) is 0 Å². The molecule has 0 saturated heterocycles. The van der Waals surface area contributed by atoms with E-state index in [0.717, 1.165) is 26.3 Å². The average molecular weight is 203 g/mol. The van der Waals surface area contributed by atoms with Crippen LogP contribution < -0.4 is 5.32 Å². The highest BCUT2D eigenvalue weighted by Crippen LogP contribution is 2.06. The number of ether oxygens (including phenoxy) is 2. The van der Waals surface area contributed by atoms with E-state index in [1.165, 1.54) is 0 Å². The minimum absolute atomic E-state index is 0.0768. The molecule has 0 heterocycles. The lowest BCUT2D eigenvalue weighted by Crippen LogP contribution is -2.39. The first kappa shape index (κ1) is 13.9. The number of hydrogen-bond acceptors (Lipinski definition) is 3. The predicted octanol–water partition coefficient (Wildman–Crippen LogP) is 1.82. The van der Waals surface area contributed by atoms with Gasteiger partial charge >= 0.3 is 0 Å². The first-order valence-electron chi connectivity index (χ1n) is 5.44. The molecular weight excluding hydrogens is 178 g/mol. The molecule has 0 aromatic rings. The largest absolute Gasteiger partial charge is 0.377 e. The molecule has 0 amide bonds. The molecule has 0 saturated carbocycles. The van der Waals surface area contributed by atoms with Crippen LogP contribution in [0.1, 0.15) is 34.6 Å². The minimum Gasteiger partial charge on any atom is -0.377 e. The van der Waals surface area contributed by atoms with Crippen LogP contribution in [0.5, 0.6) is 0 Å². The zero-order valence-electron chi connectivity index (χ0n) is 10.2. The topological polar surface area (TPSA) is 30.5 Å². The summed E-state index contributed by atoms with van der Waals surface area (Å²) < 4.78 is 11.0. The van der Waals surface area contributed by atoms with Crippen molar-refractivity contribution >= 4 is 0 Å². The number of nitrogens with one attached hydrogen (secondary N) is 1. The van der Waals surface area contributed by atoms with Crippen LogP contribution in [-0.2, 0) is 9.47 Å². The van der Waals surface area contributed by atoms with Crippen molar-refractivity contribution in [1.29, 1.82) is 0 Å². The number of rotatable bonds is 8. The third-order valence-electron chi connectivity index (χ3n) is 1.82. The molecular formula is C11H25NO2. The van der Waals surface area contributed by atoms with E-state index in [0.29, 0.717) is 6.10 Å². The van der Waals surface area contributed by atoms with E-state index in [4.69, 9.17) is 9.47 Å². The van der Waals surface area contributed by atoms with Crippen LogP contribution in [0.4, 0.5) is 0 Å². The Labute approximate surface area is 88.2 Å². The summed E-state index contributed by atoms with van der Waals surface area (Å²) in [6.07, 6.45) is 0.316. The Hall–Kier alpha value is -0.120. The van der Waals surface area contributed by atoms with Gasteiger partial charge in [-0.3, -0.25) is 0 Å². The van der Waals surface area contributed by atoms with Gasteiger partial charge in [0.15, 0.2) is 0 Å². The van der Waals surface area contributed by atoms with Gasteiger partial charge in [0.2, 0.25) is 0 Å². The van der Waals surface area contributed by atoms with E-state index < -0.39 is 0 Å². The summed E-state index contributed by atoms with van der Waals surface area (Å²) in [5.41, 5.74) is -0.0768. The smallest absolute Gasteiger partial charge is 0.0750 e. The highest BCUT2D eigenvalue weighted by Gasteiger charge is 2.16. The van der Waals surface area contributed by atoms with Crippen molar-refractivity contribution in [2.75, 3.05) is 26.3 Å². The summed E-state index contributed by atoms with van der Waals surface area (Å²) in [5.74, 6) is 0. The Morgan fingerprint density at radius 2 is 1.93 bits per heavy atom. The maximum atomic E-state index is 5.55. The maximum absolute atomic E-state index is 5.55. The fourth-order valence-corrected chi connectivity index (χ4v) is 1.20. The van der Waals surface area contributed by atoms with E-state index in [2.05, 4.69) is 19.2 Å². The molecule has 0 aromatic carbocycles. The van der Waals surface area contributed by atoms with Gasteiger partial charge in [-0.1, -0.05) is 0 Å². The molecule has 3 nitrogen and oxygen atoms in total. The van der Waals surface area contributed by atoms with Crippen LogP contribution >= 0.6 is 0 Å². The Bertz CT molecular complexity index is 135. The van der Waals surface area contributed by atoms with Crippen molar-refractivity contribution in [3.63, 3.8) is 0 Å². The summed E-state index contributed by atoms with van der Waals surface area (Å²) in [7, 11) is 0. The predicted molar refractivity (Wildman–Crippen MR) is 59.7 cm³/mol. The monoisotopic (exact) mass is 203 g/mol.